The van der Waals surface area contributed by atoms with E-state index in [9.17, 15) is 0 Å². The van der Waals surface area contributed by atoms with Gasteiger partial charge < -0.3 is 0 Å². The normalized spacial score (nSPS) is 16.3. The Balaban J connectivity index is 2.12. The first-order valence-electron chi connectivity index (χ1n) is 5.85. The maximum atomic E-state index is 6.34. The van der Waals surface area contributed by atoms with Gasteiger partial charge in [0.25, 0.3) is 0 Å². The SMILES string of the molecule is CC1=Cc2cc(-c3ccccc3)ccc2C1(Cl)Cl. The molecule has 90 valence electrons. The summed E-state index contributed by atoms with van der Waals surface area (Å²) in [4.78, 5) is 0. The molecular formula is C16H12Cl2. The number of hydrogen-bond donors (Lipinski definition) is 0. The molecular weight excluding hydrogens is 263 g/mol. The molecule has 2 heteroatoms. The molecule has 0 fully saturated rings. The molecule has 0 amide bonds. The van der Waals surface area contributed by atoms with Crippen LogP contribution in [0.4, 0.5) is 0 Å². The molecule has 0 radical (unpaired) electrons. The second-order valence-corrected chi connectivity index (χ2v) is 5.90. The molecule has 0 saturated heterocycles. The zero-order chi connectivity index (χ0) is 12.8. The highest BCUT2D eigenvalue weighted by Gasteiger charge is 2.35. The average molecular weight is 275 g/mol. The van der Waals surface area contributed by atoms with E-state index < -0.39 is 4.33 Å². The van der Waals surface area contributed by atoms with E-state index in [1.54, 1.807) is 0 Å². The van der Waals surface area contributed by atoms with Gasteiger partial charge in [0, 0.05) is 0 Å². The van der Waals surface area contributed by atoms with E-state index in [0.717, 1.165) is 16.7 Å². The van der Waals surface area contributed by atoms with Crippen LogP contribution in [0.1, 0.15) is 18.1 Å². The summed E-state index contributed by atoms with van der Waals surface area (Å²) in [6.45, 7) is 1.96. The summed E-state index contributed by atoms with van der Waals surface area (Å²) >= 11 is 12.7. The molecule has 0 saturated carbocycles. The van der Waals surface area contributed by atoms with E-state index in [1.165, 1.54) is 11.1 Å². The van der Waals surface area contributed by atoms with Crippen LogP contribution in [0.5, 0.6) is 0 Å². The quantitative estimate of drug-likeness (QED) is 0.611. The summed E-state index contributed by atoms with van der Waals surface area (Å²) < 4.78 is -0.870. The highest BCUT2D eigenvalue weighted by atomic mass is 35.5. The van der Waals surface area contributed by atoms with Crippen LogP contribution in [0.25, 0.3) is 17.2 Å². The molecule has 0 aliphatic heterocycles. The lowest BCUT2D eigenvalue weighted by molar-refractivity contribution is 1.04. The molecule has 2 aromatic carbocycles. The number of allylic oxidation sites excluding steroid dienone is 1. The van der Waals surface area contributed by atoms with Gasteiger partial charge in [-0.05, 0) is 40.8 Å². The van der Waals surface area contributed by atoms with Crippen LogP contribution in [0.2, 0.25) is 0 Å². The molecule has 1 aliphatic carbocycles. The molecule has 1 aliphatic rings. The van der Waals surface area contributed by atoms with Gasteiger partial charge in [-0.3, -0.25) is 0 Å². The van der Waals surface area contributed by atoms with Gasteiger partial charge in [-0.1, -0.05) is 71.7 Å². The Bertz CT molecular complexity index is 625. The summed E-state index contributed by atoms with van der Waals surface area (Å²) in [6.07, 6.45) is 2.06. The lowest BCUT2D eigenvalue weighted by Crippen LogP contribution is -2.07. The van der Waals surface area contributed by atoms with Crippen molar-refractivity contribution in [1.29, 1.82) is 0 Å². The van der Waals surface area contributed by atoms with Crippen molar-refractivity contribution < 1.29 is 0 Å². The number of fused-ring (bicyclic) bond motifs is 1. The molecule has 0 atom stereocenters. The lowest BCUT2D eigenvalue weighted by Gasteiger charge is -2.16. The largest absolute Gasteiger partial charge is 0.164 e. The van der Waals surface area contributed by atoms with Crippen molar-refractivity contribution in [1.82, 2.24) is 0 Å². The van der Waals surface area contributed by atoms with Gasteiger partial charge in [0.05, 0.1) is 0 Å². The van der Waals surface area contributed by atoms with Gasteiger partial charge in [-0.15, -0.1) is 0 Å². The minimum Gasteiger partial charge on any atom is -0.0913 e. The third-order valence-corrected chi connectivity index (χ3v) is 4.37. The number of halogens is 2. The van der Waals surface area contributed by atoms with Crippen molar-refractivity contribution in [2.75, 3.05) is 0 Å². The van der Waals surface area contributed by atoms with Crippen LogP contribution in [0.15, 0.2) is 54.1 Å². The summed E-state index contributed by atoms with van der Waals surface area (Å²) in [5.41, 5.74) is 5.45. The first kappa shape index (κ1) is 11.8. The van der Waals surface area contributed by atoms with Crippen LogP contribution < -0.4 is 0 Å². The van der Waals surface area contributed by atoms with E-state index in [4.69, 9.17) is 23.2 Å². The Labute approximate surface area is 117 Å². The second kappa shape index (κ2) is 4.15. The van der Waals surface area contributed by atoms with Crippen LogP contribution in [0, 0.1) is 0 Å². The van der Waals surface area contributed by atoms with Crippen LogP contribution in [-0.4, -0.2) is 0 Å². The molecule has 18 heavy (non-hydrogen) atoms. The third kappa shape index (κ3) is 1.77. The van der Waals surface area contributed by atoms with Crippen molar-refractivity contribution in [3.8, 4) is 11.1 Å². The Morgan fingerprint density at radius 2 is 1.61 bits per heavy atom. The summed E-state index contributed by atoms with van der Waals surface area (Å²) in [6, 6.07) is 16.5. The molecule has 0 heterocycles. The highest BCUT2D eigenvalue weighted by molar-refractivity contribution is 6.51. The maximum Gasteiger partial charge on any atom is 0.164 e. The van der Waals surface area contributed by atoms with Gasteiger partial charge in [0.2, 0.25) is 0 Å². The fourth-order valence-electron chi connectivity index (χ4n) is 2.31. The maximum absolute atomic E-state index is 6.34. The molecule has 0 spiro atoms. The van der Waals surface area contributed by atoms with Gasteiger partial charge in [0.1, 0.15) is 0 Å². The van der Waals surface area contributed by atoms with Crippen molar-refractivity contribution in [3.63, 3.8) is 0 Å². The zero-order valence-electron chi connectivity index (χ0n) is 9.95. The van der Waals surface area contributed by atoms with Crippen LogP contribution >= 0.6 is 23.2 Å². The molecule has 3 rings (SSSR count). The van der Waals surface area contributed by atoms with Crippen molar-refractivity contribution in [2.45, 2.75) is 11.3 Å². The second-order valence-electron chi connectivity index (χ2n) is 4.57. The van der Waals surface area contributed by atoms with E-state index in [2.05, 4.69) is 30.3 Å². The van der Waals surface area contributed by atoms with E-state index in [-0.39, 0.29) is 0 Å². The first-order valence-corrected chi connectivity index (χ1v) is 6.61. The minimum absolute atomic E-state index is 0.870. The number of hydrogen-bond acceptors (Lipinski definition) is 0. The summed E-state index contributed by atoms with van der Waals surface area (Å²) in [5, 5.41) is 0. The smallest absolute Gasteiger partial charge is 0.0913 e. The topological polar surface area (TPSA) is 0 Å². The summed E-state index contributed by atoms with van der Waals surface area (Å²) in [5.74, 6) is 0. The average Bonchev–Trinajstić information content (AvgIpc) is 2.61. The van der Waals surface area contributed by atoms with Gasteiger partial charge >= 0.3 is 0 Å². The zero-order valence-corrected chi connectivity index (χ0v) is 11.5. The Kier molecular flexibility index (Phi) is 2.73. The Morgan fingerprint density at radius 1 is 0.889 bits per heavy atom. The molecule has 0 aromatic heterocycles. The fraction of sp³-hybridized carbons (Fsp3) is 0.125. The monoisotopic (exact) mass is 274 g/mol. The van der Waals surface area contributed by atoms with E-state index in [0.29, 0.717) is 0 Å². The van der Waals surface area contributed by atoms with Gasteiger partial charge in [0.15, 0.2) is 4.33 Å². The number of alkyl halides is 2. The Hall–Kier alpha value is -1.24. The van der Waals surface area contributed by atoms with Gasteiger partial charge in [-0.2, -0.15) is 0 Å². The van der Waals surface area contributed by atoms with E-state index >= 15 is 0 Å². The van der Waals surface area contributed by atoms with Crippen LogP contribution in [-0.2, 0) is 4.33 Å². The predicted octanol–water partition coefficient (Wildman–Crippen LogP) is 5.40. The lowest BCUT2D eigenvalue weighted by atomic mass is 10.0. The fourth-order valence-corrected chi connectivity index (χ4v) is 2.77. The molecule has 2 aromatic rings. The Morgan fingerprint density at radius 3 is 2.33 bits per heavy atom. The van der Waals surface area contributed by atoms with Gasteiger partial charge in [-0.25, -0.2) is 0 Å². The molecule has 0 bridgehead atoms. The third-order valence-electron chi connectivity index (χ3n) is 3.36. The molecule has 0 unspecified atom stereocenters. The number of rotatable bonds is 1. The first-order chi connectivity index (χ1) is 8.59. The molecule has 0 N–H and O–H groups in total. The number of benzene rings is 2. The minimum atomic E-state index is -0.870. The van der Waals surface area contributed by atoms with Crippen molar-refractivity contribution in [2.24, 2.45) is 0 Å². The van der Waals surface area contributed by atoms with Crippen molar-refractivity contribution in [3.05, 3.63) is 65.2 Å². The highest BCUT2D eigenvalue weighted by Crippen LogP contribution is 2.48. The van der Waals surface area contributed by atoms with Crippen molar-refractivity contribution >= 4 is 29.3 Å². The van der Waals surface area contributed by atoms with Crippen LogP contribution in [0.3, 0.4) is 0 Å². The summed E-state index contributed by atoms with van der Waals surface area (Å²) in [7, 11) is 0. The predicted molar refractivity (Wildman–Crippen MR) is 78.9 cm³/mol. The molecule has 0 nitrogen and oxygen atoms in total. The standard InChI is InChI=1S/C16H12Cl2/c1-11-9-14-10-13(12-5-3-2-4-6-12)7-8-15(14)16(11,17)18/h2-10H,1H3. The van der Waals surface area contributed by atoms with E-state index in [1.807, 2.05) is 31.2 Å².